The summed E-state index contributed by atoms with van der Waals surface area (Å²) in [6.07, 6.45) is -0.300. The van der Waals surface area contributed by atoms with Crippen molar-refractivity contribution in [2.75, 3.05) is 0 Å². The number of benzene rings is 1. The Hall–Kier alpha value is 0.0600. The van der Waals surface area contributed by atoms with E-state index < -0.39 is 11.9 Å². The quantitative estimate of drug-likeness (QED) is 0.719. The van der Waals surface area contributed by atoms with Gasteiger partial charge in [0.15, 0.2) is 0 Å². The number of halogens is 4. The van der Waals surface area contributed by atoms with Crippen LogP contribution in [0.4, 0.5) is 4.39 Å². The standard InChI is InChI=1S/C12H8Br2ClFOS/c13-7-5-11(18-12(7)14)10(17)4-6-1-2-8(15)9(16)3-6/h1-3,5,10,17H,4H2. The molecule has 2 rings (SSSR count). The van der Waals surface area contributed by atoms with Crippen molar-refractivity contribution in [3.63, 3.8) is 0 Å². The molecular formula is C12H8Br2ClFOS. The van der Waals surface area contributed by atoms with Crippen molar-refractivity contribution < 1.29 is 9.50 Å². The molecule has 0 spiro atoms. The zero-order chi connectivity index (χ0) is 13.3. The largest absolute Gasteiger partial charge is 0.387 e. The van der Waals surface area contributed by atoms with Crippen molar-refractivity contribution >= 4 is 54.8 Å². The number of hydrogen-bond donors (Lipinski definition) is 1. The molecule has 0 aliphatic rings. The van der Waals surface area contributed by atoms with E-state index in [1.165, 1.54) is 23.5 Å². The molecule has 0 radical (unpaired) electrons. The van der Waals surface area contributed by atoms with Gasteiger partial charge in [0, 0.05) is 15.8 Å². The molecule has 1 N–H and O–H groups in total. The molecule has 96 valence electrons. The van der Waals surface area contributed by atoms with Gasteiger partial charge in [-0.15, -0.1) is 11.3 Å². The molecular weight excluding hydrogens is 406 g/mol. The Morgan fingerprint density at radius 2 is 2.06 bits per heavy atom. The first-order valence-electron chi connectivity index (χ1n) is 5.04. The molecule has 0 amide bonds. The zero-order valence-corrected chi connectivity index (χ0v) is 13.7. The summed E-state index contributed by atoms with van der Waals surface area (Å²) < 4.78 is 15.1. The highest BCUT2D eigenvalue weighted by Crippen LogP contribution is 2.36. The number of thiophene rings is 1. The Morgan fingerprint density at radius 1 is 1.33 bits per heavy atom. The van der Waals surface area contributed by atoms with E-state index in [1.54, 1.807) is 6.07 Å². The maximum absolute atomic E-state index is 13.3. The highest BCUT2D eigenvalue weighted by molar-refractivity contribution is 9.13. The van der Waals surface area contributed by atoms with Crippen molar-refractivity contribution in [3.8, 4) is 0 Å². The van der Waals surface area contributed by atoms with Gasteiger partial charge in [-0.3, -0.25) is 0 Å². The van der Waals surface area contributed by atoms with Crippen LogP contribution in [0.15, 0.2) is 32.5 Å². The molecule has 1 heterocycles. The zero-order valence-electron chi connectivity index (χ0n) is 8.96. The highest BCUT2D eigenvalue weighted by atomic mass is 79.9. The summed E-state index contributed by atoms with van der Waals surface area (Å²) in [4.78, 5) is 0.823. The fourth-order valence-electron chi connectivity index (χ4n) is 1.52. The summed E-state index contributed by atoms with van der Waals surface area (Å²) in [7, 11) is 0. The van der Waals surface area contributed by atoms with Crippen LogP contribution in [0.3, 0.4) is 0 Å². The Labute approximate surface area is 130 Å². The molecule has 18 heavy (non-hydrogen) atoms. The first-order chi connectivity index (χ1) is 8.47. The molecule has 1 aromatic heterocycles. The van der Waals surface area contributed by atoms with Gasteiger partial charge in [-0.25, -0.2) is 4.39 Å². The Morgan fingerprint density at radius 3 is 2.61 bits per heavy atom. The number of rotatable bonds is 3. The summed E-state index contributed by atoms with van der Waals surface area (Å²) in [6, 6.07) is 6.42. The predicted octanol–water partition coefficient (Wildman–Crippen LogP) is 5.34. The normalized spacial score (nSPS) is 12.7. The molecule has 1 nitrogen and oxygen atoms in total. The SMILES string of the molecule is OC(Cc1ccc(Cl)c(F)c1)c1cc(Br)c(Br)s1. The third-order valence-electron chi connectivity index (χ3n) is 2.41. The van der Waals surface area contributed by atoms with Gasteiger partial charge >= 0.3 is 0 Å². The van der Waals surface area contributed by atoms with Gasteiger partial charge in [0.05, 0.1) is 14.9 Å². The van der Waals surface area contributed by atoms with Crippen LogP contribution in [0, 0.1) is 5.82 Å². The molecule has 1 atom stereocenters. The van der Waals surface area contributed by atoms with E-state index >= 15 is 0 Å². The minimum Gasteiger partial charge on any atom is -0.387 e. The average molecular weight is 415 g/mol. The van der Waals surface area contributed by atoms with Crippen molar-refractivity contribution in [1.82, 2.24) is 0 Å². The van der Waals surface area contributed by atoms with Crippen LogP contribution in [-0.4, -0.2) is 5.11 Å². The maximum atomic E-state index is 13.3. The molecule has 1 unspecified atom stereocenters. The summed E-state index contributed by atoms with van der Waals surface area (Å²) in [5.74, 6) is -0.463. The van der Waals surface area contributed by atoms with E-state index in [0.717, 1.165) is 13.1 Å². The van der Waals surface area contributed by atoms with Gasteiger partial charge in [-0.05, 0) is 55.6 Å². The molecule has 6 heteroatoms. The maximum Gasteiger partial charge on any atom is 0.142 e. The van der Waals surface area contributed by atoms with Crippen molar-refractivity contribution in [2.24, 2.45) is 0 Å². The minimum absolute atomic E-state index is 0.0925. The van der Waals surface area contributed by atoms with E-state index in [1.807, 2.05) is 6.07 Å². The van der Waals surface area contributed by atoms with E-state index in [4.69, 9.17) is 11.6 Å². The van der Waals surface area contributed by atoms with Gasteiger partial charge in [0.2, 0.25) is 0 Å². The second-order valence-electron chi connectivity index (χ2n) is 3.74. The molecule has 0 saturated heterocycles. The number of hydrogen-bond acceptors (Lipinski definition) is 2. The molecule has 0 aliphatic carbocycles. The average Bonchev–Trinajstić information content (AvgIpc) is 2.65. The Balaban J connectivity index is 2.15. The van der Waals surface area contributed by atoms with Crippen LogP contribution in [0.2, 0.25) is 5.02 Å². The monoisotopic (exact) mass is 412 g/mol. The third-order valence-corrected chi connectivity index (χ3v) is 6.07. The van der Waals surface area contributed by atoms with Crippen molar-refractivity contribution in [2.45, 2.75) is 12.5 Å². The van der Waals surface area contributed by atoms with Crippen LogP contribution in [0.25, 0.3) is 0 Å². The van der Waals surface area contributed by atoms with E-state index in [0.29, 0.717) is 12.0 Å². The van der Waals surface area contributed by atoms with Gasteiger partial charge in [-0.2, -0.15) is 0 Å². The first kappa shape index (κ1) is 14.5. The second-order valence-corrected chi connectivity index (χ2v) is 7.40. The summed E-state index contributed by atoms with van der Waals surface area (Å²) in [5, 5.41) is 10.2. The van der Waals surface area contributed by atoms with E-state index in [2.05, 4.69) is 31.9 Å². The lowest BCUT2D eigenvalue weighted by molar-refractivity contribution is 0.182. The molecule has 0 bridgehead atoms. The van der Waals surface area contributed by atoms with Gasteiger partial charge in [-0.1, -0.05) is 17.7 Å². The van der Waals surface area contributed by atoms with Crippen LogP contribution in [-0.2, 0) is 6.42 Å². The van der Waals surface area contributed by atoms with Crippen LogP contribution in [0.1, 0.15) is 16.5 Å². The van der Waals surface area contributed by atoms with Crippen molar-refractivity contribution in [1.29, 1.82) is 0 Å². The molecule has 0 fully saturated rings. The summed E-state index contributed by atoms with van der Waals surface area (Å²) in [6.45, 7) is 0. The fraction of sp³-hybridized carbons (Fsp3) is 0.167. The lowest BCUT2D eigenvalue weighted by Crippen LogP contribution is -2.00. The predicted molar refractivity (Wildman–Crippen MR) is 79.8 cm³/mol. The lowest BCUT2D eigenvalue weighted by atomic mass is 10.1. The summed E-state index contributed by atoms with van der Waals surface area (Å²) >= 11 is 13.8. The minimum atomic E-state index is -0.654. The molecule has 0 aliphatic heterocycles. The van der Waals surface area contributed by atoms with Gasteiger partial charge in [0.25, 0.3) is 0 Å². The van der Waals surface area contributed by atoms with Crippen LogP contribution >= 0.6 is 54.8 Å². The van der Waals surface area contributed by atoms with Gasteiger partial charge < -0.3 is 5.11 Å². The third kappa shape index (κ3) is 3.33. The van der Waals surface area contributed by atoms with Gasteiger partial charge in [0.1, 0.15) is 5.82 Å². The number of aliphatic hydroxyl groups is 1. The molecule has 0 saturated carbocycles. The Bertz CT molecular complexity index is 554. The topological polar surface area (TPSA) is 20.2 Å². The van der Waals surface area contributed by atoms with Crippen molar-refractivity contribution in [3.05, 3.63) is 53.8 Å². The Kier molecular flexibility index (Phi) is 4.83. The fourth-order valence-corrected chi connectivity index (χ4v) is 3.71. The number of aliphatic hydroxyl groups excluding tert-OH is 1. The van der Waals surface area contributed by atoms with Crippen LogP contribution in [0.5, 0.6) is 0 Å². The molecule has 1 aromatic carbocycles. The van der Waals surface area contributed by atoms with Crippen LogP contribution < -0.4 is 0 Å². The smallest absolute Gasteiger partial charge is 0.142 e. The first-order valence-corrected chi connectivity index (χ1v) is 7.82. The summed E-state index contributed by atoms with van der Waals surface area (Å²) in [5.41, 5.74) is 0.713. The highest BCUT2D eigenvalue weighted by Gasteiger charge is 2.14. The lowest BCUT2D eigenvalue weighted by Gasteiger charge is -2.08. The second kappa shape index (κ2) is 6.01. The van der Waals surface area contributed by atoms with E-state index in [9.17, 15) is 9.50 Å². The van der Waals surface area contributed by atoms with E-state index in [-0.39, 0.29) is 5.02 Å². The molecule has 2 aromatic rings.